The van der Waals surface area contributed by atoms with Gasteiger partial charge in [-0.3, -0.25) is 4.57 Å². The van der Waals surface area contributed by atoms with Gasteiger partial charge in [-0.25, -0.2) is 17.4 Å². The standard InChI is InChI=1S/C36H25N3O2S/c1-24-13-17-28(18-14-24)42(40,41)39-34-20-16-27(38-33-12-6-5-10-29(33)31-11-7-21-37-36(31)38)23-32(34)30-19-15-26(22-35(30)39)25-8-3-2-4-9-25/h2-23H,1H3/i2D,3D,4D,5D,6D,7D,8D,9D,10D,11D,12D,15D,16D,19D,20D,21D,22D,23D. The van der Waals surface area contributed by atoms with Crippen molar-refractivity contribution in [3.05, 3.63) is 139 Å². The van der Waals surface area contributed by atoms with Crippen LogP contribution < -0.4 is 0 Å². The minimum Gasteiger partial charge on any atom is -0.294 e. The van der Waals surface area contributed by atoms with E-state index in [4.69, 9.17) is 17.8 Å². The smallest absolute Gasteiger partial charge is 0.268 e. The highest BCUT2D eigenvalue weighted by molar-refractivity contribution is 7.90. The molecule has 8 rings (SSSR count). The van der Waals surface area contributed by atoms with E-state index >= 15 is 0 Å². The van der Waals surface area contributed by atoms with Crippen LogP contribution in [0.2, 0.25) is 0 Å². The van der Waals surface area contributed by atoms with Crippen LogP contribution >= 0.6 is 0 Å². The van der Waals surface area contributed by atoms with E-state index in [1.807, 2.05) is 0 Å². The first-order valence-electron chi connectivity index (χ1n) is 21.4. The molecule has 0 saturated heterocycles. The maximum Gasteiger partial charge on any atom is 0.268 e. The molecular formula is C36H25N3O2S. The Bertz CT molecular complexity index is 3410. The first-order chi connectivity index (χ1) is 28.0. The van der Waals surface area contributed by atoms with E-state index in [-0.39, 0.29) is 10.8 Å². The van der Waals surface area contributed by atoms with Crippen LogP contribution in [0.5, 0.6) is 0 Å². The van der Waals surface area contributed by atoms with Crippen molar-refractivity contribution in [2.24, 2.45) is 0 Å². The maximum absolute atomic E-state index is 14.9. The van der Waals surface area contributed by atoms with Crippen LogP contribution in [0.4, 0.5) is 0 Å². The molecule has 0 radical (unpaired) electrons. The summed E-state index contributed by atoms with van der Waals surface area (Å²) in [6.07, 6.45) is -0.788. The summed E-state index contributed by atoms with van der Waals surface area (Å²) in [5, 5.41) is -1.96. The summed E-state index contributed by atoms with van der Waals surface area (Å²) >= 11 is 0. The first-order valence-corrected chi connectivity index (χ1v) is 13.8. The van der Waals surface area contributed by atoms with Gasteiger partial charge in [-0.2, -0.15) is 0 Å². The predicted molar refractivity (Wildman–Crippen MR) is 171 cm³/mol. The molecule has 0 aliphatic rings. The number of pyridine rings is 1. The molecule has 6 heteroatoms. The van der Waals surface area contributed by atoms with E-state index in [2.05, 4.69) is 4.98 Å². The molecule has 202 valence electrons. The molecule has 5 aromatic carbocycles. The number of fused-ring (bicyclic) bond motifs is 6. The quantitative estimate of drug-likeness (QED) is 0.209. The number of para-hydroxylation sites is 1. The van der Waals surface area contributed by atoms with E-state index in [1.165, 1.54) is 24.3 Å². The largest absolute Gasteiger partial charge is 0.294 e. The van der Waals surface area contributed by atoms with Crippen molar-refractivity contribution in [2.45, 2.75) is 11.8 Å². The second-order valence-electron chi connectivity index (χ2n) is 9.23. The molecular weight excluding hydrogens is 538 g/mol. The molecule has 3 heterocycles. The van der Waals surface area contributed by atoms with Crippen LogP contribution in [0.25, 0.3) is 60.6 Å². The Kier molecular flexibility index (Phi) is 2.69. The number of benzene rings is 5. The zero-order valence-electron chi connectivity index (χ0n) is 39.4. The van der Waals surface area contributed by atoms with E-state index in [9.17, 15) is 15.3 Å². The molecule has 0 spiro atoms. The van der Waals surface area contributed by atoms with Gasteiger partial charge in [0.1, 0.15) is 5.65 Å². The Labute approximate surface area is 268 Å². The maximum atomic E-state index is 14.9. The van der Waals surface area contributed by atoms with Crippen LogP contribution in [-0.2, 0) is 10.0 Å². The number of hydrogen-bond donors (Lipinski definition) is 0. The summed E-state index contributed by atoms with van der Waals surface area (Å²) in [5.41, 5.74) is -3.95. The van der Waals surface area contributed by atoms with Crippen molar-refractivity contribution in [3.8, 4) is 16.8 Å². The molecule has 0 N–H and O–H groups in total. The number of hydrogen-bond acceptors (Lipinski definition) is 3. The zero-order valence-corrected chi connectivity index (χ0v) is 22.2. The molecule has 0 atom stereocenters. The summed E-state index contributed by atoms with van der Waals surface area (Å²) < 4.78 is 189. The van der Waals surface area contributed by atoms with E-state index in [0.717, 1.165) is 4.57 Å². The number of rotatable bonds is 4. The number of nitrogens with zero attached hydrogens (tertiary/aromatic N) is 3. The van der Waals surface area contributed by atoms with Gasteiger partial charge in [-0.05, 0) is 72.5 Å². The SMILES string of the molecule is [2H]c1nc2c(c([2H])c1[2H])c1c([2H])c([2H])c([2H])c([2H])c1n2-c1c([2H])c([2H])c2c(c1[2H])c1c([2H])c([2H])c(-c3c([2H])c([2H])c([2H])c([2H])c3[2H])c([2H])c1n2S(=O)(=O)c1ccc(C)cc1. The molecule has 3 aromatic heterocycles. The van der Waals surface area contributed by atoms with Gasteiger partial charge in [-0.15, -0.1) is 0 Å². The lowest BCUT2D eigenvalue weighted by Gasteiger charge is -2.11. The summed E-state index contributed by atoms with van der Waals surface area (Å²) in [6, 6.07) is -8.91. The highest BCUT2D eigenvalue weighted by Crippen LogP contribution is 2.38. The van der Waals surface area contributed by atoms with Gasteiger partial charge in [0.2, 0.25) is 0 Å². The molecule has 5 nitrogen and oxygen atoms in total. The molecule has 42 heavy (non-hydrogen) atoms. The molecule has 8 aromatic rings. The van der Waals surface area contributed by atoms with Crippen molar-refractivity contribution in [1.29, 1.82) is 0 Å². The van der Waals surface area contributed by atoms with Gasteiger partial charge >= 0.3 is 0 Å². The monoisotopic (exact) mass is 581 g/mol. The number of aryl methyl sites for hydroxylation is 1. The fraction of sp³-hybridized carbons (Fsp3) is 0.0278. The lowest BCUT2D eigenvalue weighted by atomic mass is 10.0. The third-order valence-electron chi connectivity index (χ3n) is 6.74. The van der Waals surface area contributed by atoms with Crippen LogP contribution in [0.3, 0.4) is 0 Å². The van der Waals surface area contributed by atoms with Gasteiger partial charge in [0, 0.05) is 33.4 Å². The summed E-state index contributed by atoms with van der Waals surface area (Å²) in [4.78, 5) is 3.67. The normalized spacial score (nSPS) is 18.1. The second kappa shape index (κ2) is 9.16. The fourth-order valence-corrected chi connectivity index (χ4v) is 6.27. The minimum atomic E-state index is -5.01. The Morgan fingerprint density at radius 1 is 0.643 bits per heavy atom. The lowest BCUT2D eigenvalue weighted by molar-refractivity contribution is 0.590. The Morgan fingerprint density at radius 2 is 1.38 bits per heavy atom. The van der Waals surface area contributed by atoms with Crippen molar-refractivity contribution in [2.75, 3.05) is 0 Å². The van der Waals surface area contributed by atoms with E-state index in [0.29, 0.717) is 9.54 Å². The summed E-state index contributed by atoms with van der Waals surface area (Å²) in [7, 11) is -5.01. The van der Waals surface area contributed by atoms with Crippen LogP contribution in [0.15, 0.2) is 138 Å². The second-order valence-corrected chi connectivity index (χ2v) is 11.0. The minimum absolute atomic E-state index is 0.362. The van der Waals surface area contributed by atoms with Crippen molar-refractivity contribution < 1.29 is 33.1 Å². The third kappa shape index (κ3) is 3.62. The van der Waals surface area contributed by atoms with Gasteiger partial charge in [0.05, 0.1) is 46.1 Å². The van der Waals surface area contributed by atoms with Crippen molar-refractivity contribution in [1.82, 2.24) is 13.5 Å². The van der Waals surface area contributed by atoms with Gasteiger partial charge < -0.3 is 0 Å². The predicted octanol–water partition coefficient (Wildman–Crippen LogP) is 8.50. The highest BCUT2D eigenvalue weighted by Gasteiger charge is 2.24. The van der Waals surface area contributed by atoms with Gasteiger partial charge in [-0.1, -0.05) is 78.1 Å². The number of aromatic nitrogens is 3. The molecule has 0 unspecified atom stereocenters. The molecule has 0 amide bonds. The van der Waals surface area contributed by atoms with E-state index in [1.54, 1.807) is 6.92 Å². The van der Waals surface area contributed by atoms with Crippen LogP contribution in [0.1, 0.15) is 30.2 Å². The molecule has 0 saturated carbocycles. The average Bonchev–Trinajstić information content (AvgIpc) is 3.75. The molecule has 0 fully saturated rings. The molecule has 0 bridgehead atoms. The molecule has 0 aliphatic heterocycles. The van der Waals surface area contributed by atoms with E-state index < -0.39 is 174 Å². The zero-order chi connectivity index (χ0) is 44.1. The average molecular weight is 582 g/mol. The summed E-state index contributed by atoms with van der Waals surface area (Å²) in [6.45, 7) is 1.68. The van der Waals surface area contributed by atoms with Crippen LogP contribution in [0, 0.1) is 6.92 Å². The van der Waals surface area contributed by atoms with Gasteiger partial charge in [0.25, 0.3) is 10.0 Å². The van der Waals surface area contributed by atoms with Crippen molar-refractivity contribution in [3.63, 3.8) is 0 Å². The highest BCUT2D eigenvalue weighted by atomic mass is 32.2. The summed E-state index contributed by atoms with van der Waals surface area (Å²) in [5.74, 6) is 0. The third-order valence-corrected chi connectivity index (χ3v) is 8.46. The van der Waals surface area contributed by atoms with Gasteiger partial charge in [0.15, 0.2) is 0 Å². The molecule has 0 aliphatic carbocycles. The fourth-order valence-electron chi connectivity index (χ4n) is 4.83. The Morgan fingerprint density at radius 3 is 2.21 bits per heavy atom. The lowest BCUT2D eigenvalue weighted by Crippen LogP contribution is -2.12. The Hall–Kier alpha value is -5.20. The Balaban J connectivity index is 1.68. The first kappa shape index (κ1) is 12.3. The van der Waals surface area contributed by atoms with Crippen LogP contribution in [-0.4, -0.2) is 21.9 Å². The topological polar surface area (TPSA) is 56.9 Å². The van der Waals surface area contributed by atoms with Crippen molar-refractivity contribution >= 4 is 53.8 Å².